The monoisotopic (exact) mass is 263 g/mol. The van der Waals surface area contributed by atoms with E-state index in [1.54, 1.807) is 11.1 Å². The molecule has 0 aliphatic heterocycles. The summed E-state index contributed by atoms with van der Waals surface area (Å²) < 4.78 is 0. The van der Waals surface area contributed by atoms with Gasteiger partial charge in [0.2, 0.25) is 5.91 Å². The van der Waals surface area contributed by atoms with Crippen molar-refractivity contribution in [1.82, 2.24) is 9.88 Å². The van der Waals surface area contributed by atoms with Crippen LogP contribution in [0.5, 0.6) is 0 Å². The summed E-state index contributed by atoms with van der Waals surface area (Å²) in [5, 5.41) is 0. The van der Waals surface area contributed by atoms with Crippen LogP contribution in [-0.2, 0) is 11.3 Å². The van der Waals surface area contributed by atoms with Crippen LogP contribution >= 0.6 is 0 Å². The summed E-state index contributed by atoms with van der Waals surface area (Å²) >= 11 is 0. The topological polar surface area (TPSA) is 59.2 Å². The summed E-state index contributed by atoms with van der Waals surface area (Å²) in [5.41, 5.74) is 6.71. The highest BCUT2D eigenvalue weighted by Crippen LogP contribution is 2.20. The van der Waals surface area contributed by atoms with Crippen molar-refractivity contribution in [2.24, 2.45) is 11.1 Å². The molecule has 0 saturated carbocycles. The first-order chi connectivity index (χ1) is 8.73. The Labute approximate surface area is 116 Å². The minimum absolute atomic E-state index is 0.0202. The van der Waals surface area contributed by atoms with E-state index in [0.29, 0.717) is 6.54 Å². The fourth-order valence-electron chi connectivity index (χ4n) is 1.73. The molecule has 19 heavy (non-hydrogen) atoms. The number of carbonyl (C=O) groups is 1. The highest BCUT2D eigenvalue weighted by molar-refractivity contribution is 5.82. The van der Waals surface area contributed by atoms with Gasteiger partial charge in [-0.15, -0.1) is 0 Å². The minimum atomic E-state index is -0.501. The molecule has 1 aromatic rings. The number of pyridine rings is 1. The van der Waals surface area contributed by atoms with Gasteiger partial charge in [0, 0.05) is 12.2 Å². The maximum Gasteiger partial charge on any atom is 0.240 e. The summed E-state index contributed by atoms with van der Waals surface area (Å²) in [7, 11) is 0. The van der Waals surface area contributed by atoms with Crippen molar-refractivity contribution >= 4 is 5.91 Å². The number of aromatic nitrogens is 1. The van der Waals surface area contributed by atoms with E-state index in [1.165, 1.54) is 0 Å². The first-order valence-electron chi connectivity index (χ1n) is 6.69. The molecule has 106 valence electrons. The second-order valence-electron chi connectivity index (χ2n) is 6.22. The standard InChI is InChI=1S/C15H25N3O/c1-11(2)18(10-12-8-6-7-9-17-12)14(19)13(16)15(3,4)5/h6-9,11,13H,10,16H2,1-5H3/t13-/m0/s1. The SMILES string of the molecule is CC(C)N(Cc1ccccn1)C(=O)[C@H](N)C(C)(C)C. The number of carbonyl (C=O) groups excluding carboxylic acids is 1. The van der Waals surface area contributed by atoms with Crippen LogP contribution in [0.15, 0.2) is 24.4 Å². The number of hydrogen-bond donors (Lipinski definition) is 1. The van der Waals surface area contributed by atoms with E-state index in [1.807, 2.05) is 52.8 Å². The van der Waals surface area contributed by atoms with E-state index in [-0.39, 0.29) is 17.4 Å². The molecule has 0 aromatic carbocycles. The minimum Gasteiger partial charge on any atom is -0.333 e. The van der Waals surface area contributed by atoms with Gasteiger partial charge in [0.15, 0.2) is 0 Å². The molecule has 1 rings (SSSR count). The molecule has 0 spiro atoms. The molecule has 1 heterocycles. The molecule has 0 aliphatic carbocycles. The molecule has 1 amide bonds. The Morgan fingerprint density at radius 2 is 2.00 bits per heavy atom. The number of amides is 1. The van der Waals surface area contributed by atoms with E-state index in [0.717, 1.165) is 5.69 Å². The number of nitrogens with zero attached hydrogens (tertiary/aromatic N) is 2. The fourth-order valence-corrected chi connectivity index (χ4v) is 1.73. The van der Waals surface area contributed by atoms with E-state index >= 15 is 0 Å². The van der Waals surface area contributed by atoms with Crippen molar-refractivity contribution in [3.63, 3.8) is 0 Å². The van der Waals surface area contributed by atoms with Crippen LogP contribution in [0.3, 0.4) is 0 Å². The highest BCUT2D eigenvalue weighted by Gasteiger charge is 2.32. The molecule has 0 radical (unpaired) electrons. The Morgan fingerprint density at radius 1 is 1.37 bits per heavy atom. The lowest BCUT2D eigenvalue weighted by atomic mass is 9.86. The Hall–Kier alpha value is -1.42. The zero-order valence-corrected chi connectivity index (χ0v) is 12.6. The Morgan fingerprint density at radius 3 is 2.42 bits per heavy atom. The first-order valence-corrected chi connectivity index (χ1v) is 6.69. The molecule has 4 heteroatoms. The highest BCUT2D eigenvalue weighted by atomic mass is 16.2. The van der Waals surface area contributed by atoms with E-state index in [9.17, 15) is 4.79 Å². The van der Waals surface area contributed by atoms with Crippen molar-refractivity contribution < 1.29 is 4.79 Å². The maximum atomic E-state index is 12.5. The average molecular weight is 263 g/mol. The van der Waals surface area contributed by atoms with Crippen LogP contribution < -0.4 is 5.73 Å². The predicted octanol–water partition coefficient (Wildman–Crippen LogP) is 2.19. The molecule has 0 unspecified atom stereocenters. The van der Waals surface area contributed by atoms with Gasteiger partial charge in [0.05, 0.1) is 18.3 Å². The van der Waals surface area contributed by atoms with Crippen molar-refractivity contribution in [3.8, 4) is 0 Å². The van der Waals surface area contributed by atoms with Crippen LogP contribution in [-0.4, -0.2) is 27.9 Å². The smallest absolute Gasteiger partial charge is 0.240 e. The van der Waals surface area contributed by atoms with Crippen LogP contribution in [0.25, 0.3) is 0 Å². The Balaban J connectivity index is 2.87. The number of hydrogen-bond acceptors (Lipinski definition) is 3. The van der Waals surface area contributed by atoms with Gasteiger partial charge in [-0.3, -0.25) is 9.78 Å². The van der Waals surface area contributed by atoms with E-state index < -0.39 is 6.04 Å². The number of rotatable bonds is 4. The van der Waals surface area contributed by atoms with Gasteiger partial charge in [-0.05, 0) is 31.4 Å². The molecule has 0 saturated heterocycles. The van der Waals surface area contributed by atoms with Gasteiger partial charge in [0.25, 0.3) is 0 Å². The lowest BCUT2D eigenvalue weighted by Gasteiger charge is -2.34. The quantitative estimate of drug-likeness (QED) is 0.906. The third-order valence-corrected chi connectivity index (χ3v) is 3.16. The molecule has 0 fully saturated rings. The zero-order valence-electron chi connectivity index (χ0n) is 12.6. The van der Waals surface area contributed by atoms with Crippen LogP contribution in [0.1, 0.15) is 40.3 Å². The van der Waals surface area contributed by atoms with Gasteiger partial charge >= 0.3 is 0 Å². The van der Waals surface area contributed by atoms with Crippen molar-refractivity contribution in [1.29, 1.82) is 0 Å². The molecule has 0 bridgehead atoms. The van der Waals surface area contributed by atoms with Gasteiger partial charge in [-0.2, -0.15) is 0 Å². The molecule has 2 N–H and O–H groups in total. The Kier molecular flexibility index (Phi) is 5.06. The Bertz CT molecular complexity index is 409. The fraction of sp³-hybridized carbons (Fsp3) is 0.600. The van der Waals surface area contributed by atoms with Crippen LogP contribution in [0.4, 0.5) is 0 Å². The van der Waals surface area contributed by atoms with Crippen molar-refractivity contribution in [2.75, 3.05) is 0 Å². The van der Waals surface area contributed by atoms with Crippen molar-refractivity contribution in [2.45, 2.75) is 53.2 Å². The summed E-state index contributed by atoms with van der Waals surface area (Å²) in [6.07, 6.45) is 1.74. The lowest BCUT2D eigenvalue weighted by molar-refractivity contribution is -0.137. The molecule has 4 nitrogen and oxygen atoms in total. The summed E-state index contributed by atoms with van der Waals surface area (Å²) in [5.74, 6) is -0.0202. The summed E-state index contributed by atoms with van der Waals surface area (Å²) in [6.45, 7) is 10.4. The molecular formula is C15H25N3O. The first kappa shape index (κ1) is 15.6. The lowest BCUT2D eigenvalue weighted by Crippen LogP contribution is -2.52. The third kappa shape index (κ3) is 4.31. The van der Waals surface area contributed by atoms with E-state index in [4.69, 9.17) is 5.73 Å². The molecular weight excluding hydrogens is 238 g/mol. The second kappa shape index (κ2) is 6.15. The summed E-state index contributed by atoms with van der Waals surface area (Å²) in [4.78, 5) is 18.6. The average Bonchev–Trinajstić information content (AvgIpc) is 2.34. The van der Waals surface area contributed by atoms with Crippen molar-refractivity contribution in [3.05, 3.63) is 30.1 Å². The van der Waals surface area contributed by atoms with Gasteiger partial charge in [0.1, 0.15) is 0 Å². The van der Waals surface area contributed by atoms with Crippen LogP contribution in [0.2, 0.25) is 0 Å². The van der Waals surface area contributed by atoms with E-state index in [2.05, 4.69) is 4.98 Å². The normalized spacial score (nSPS) is 13.4. The predicted molar refractivity (Wildman–Crippen MR) is 77.4 cm³/mol. The zero-order chi connectivity index (χ0) is 14.6. The maximum absolute atomic E-state index is 12.5. The van der Waals surface area contributed by atoms with Crippen LogP contribution in [0, 0.1) is 5.41 Å². The molecule has 1 atom stereocenters. The van der Waals surface area contributed by atoms with Gasteiger partial charge in [-0.25, -0.2) is 0 Å². The molecule has 1 aromatic heterocycles. The third-order valence-electron chi connectivity index (χ3n) is 3.16. The number of nitrogens with two attached hydrogens (primary N) is 1. The molecule has 0 aliphatic rings. The summed E-state index contributed by atoms with van der Waals surface area (Å²) in [6, 6.07) is 5.31. The second-order valence-corrected chi connectivity index (χ2v) is 6.22. The largest absolute Gasteiger partial charge is 0.333 e. The van der Waals surface area contributed by atoms with Gasteiger partial charge in [-0.1, -0.05) is 26.8 Å². The van der Waals surface area contributed by atoms with Gasteiger partial charge < -0.3 is 10.6 Å².